The molecule has 2 rings (SSSR count). The van der Waals surface area contributed by atoms with Gasteiger partial charge < -0.3 is 0 Å². The minimum atomic E-state index is 0. The van der Waals surface area contributed by atoms with E-state index in [0.29, 0.717) is 0 Å². The molecule has 1 aromatic carbocycles. The molecule has 0 aliphatic heterocycles. The van der Waals surface area contributed by atoms with E-state index in [2.05, 4.69) is 4.98 Å². The molecule has 1 aromatic heterocycles. The van der Waals surface area contributed by atoms with E-state index in [1.165, 1.54) is 0 Å². The summed E-state index contributed by atoms with van der Waals surface area (Å²) in [5.41, 5.74) is 0.983. The van der Waals surface area contributed by atoms with Gasteiger partial charge in [-0.25, -0.2) is 0 Å². The van der Waals surface area contributed by atoms with Crippen LogP contribution in [-0.2, 0) is 0 Å². The minimum absolute atomic E-state index is 0. The number of halogens is 2. The molecule has 0 saturated heterocycles. The van der Waals surface area contributed by atoms with Gasteiger partial charge in [-0.15, -0.1) is 12.4 Å². The monoisotopic (exact) mass is 199 g/mol. The van der Waals surface area contributed by atoms with Gasteiger partial charge in [0.25, 0.3) is 0 Å². The number of pyridine rings is 1. The predicted octanol–water partition coefficient (Wildman–Crippen LogP) is 3.31. The lowest BCUT2D eigenvalue weighted by Gasteiger charge is -1.94. The van der Waals surface area contributed by atoms with Crippen molar-refractivity contribution >= 4 is 34.9 Å². The zero-order valence-corrected chi connectivity index (χ0v) is 7.77. The first-order valence-corrected chi connectivity index (χ1v) is 3.74. The molecule has 0 fully saturated rings. The summed E-state index contributed by atoms with van der Waals surface area (Å²) < 4.78 is 0. The Morgan fingerprint density at radius 3 is 2.83 bits per heavy atom. The van der Waals surface area contributed by atoms with Crippen LogP contribution in [0.5, 0.6) is 0 Å². The van der Waals surface area contributed by atoms with Crippen LogP contribution in [0.15, 0.2) is 36.5 Å². The van der Waals surface area contributed by atoms with Gasteiger partial charge in [-0.05, 0) is 24.3 Å². The fourth-order valence-electron chi connectivity index (χ4n) is 1.05. The van der Waals surface area contributed by atoms with Crippen LogP contribution in [0, 0.1) is 0 Å². The van der Waals surface area contributed by atoms with Crippen molar-refractivity contribution in [2.24, 2.45) is 0 Å². The van der Waals surface area contributed by atoms with Crippen molar-refractivity contribution in [1.29, 1.82) is 0 Å². The summed E-state index contributed by atoms with van der Waals surface area (Å²) in [5.74, 6) is 0. The molecular weight excluding hydrogens is 193 g/mol. The molecule has 1 heterocycles. The summed E-state index contributed by atoms with van der Waals surface area (Å²) in [6.07, 6.45) is 1.77. The minimum Gasteiger partial charge on any atom is -0.256 e. The Bertz CT molecular complexity index is 387. The molecule has 0 atom stereocenters. The van der Waals surface area contributed by atoms with Crippen LogP contribution in [0.2, 0.25) is 5.02 Å². The highest BCUT2D eigenvalue weighted by Crippen LogP contribution is 2.16. The first-order valence-electron chi connectivity index (χ1n) is 3.36. The molecule has 3 heteroatoms. The van der Waals surface area contributed by atoms with Crippen molar-refractivity contribution in [2.75, 3.05) is 0 Å². The van der Waals surface area contributed by atoms with Gasteiger partial charge in [0.2, 0.25) is 0 Å². The van der Waals surface area contributed by atoms with Crippen LogP contribution < -0.4 is 0 Å². The molecule has 62 valence electrons. The highest BCUT2D eigenvalue weighted by atomic mass is 35.5. The Morgan fingerprint density at radius 1 is 1.17 bits per heavy atom. The fourth-order valence-corrected chi connectivity index (χ4v) is 1.23. The summed E-state index contributed by atoms with van der Waals surface area (Å²) in [5, 5.41) is 1.84. The van der Waals surface area contributed by atoms with Crippen molar-refractivity contribution in [1.82, 2.24) is 4.98 Å². The molecule has 0 N–H and O–H groups in total. The molecule has 2 aromatic rings. The Kier molecular flexibility index (Phi) is 2.90. The van der Waals surface area contributed by atoms with Crippen LogP contribution in [0.1, 0.15) is 0 Å². The van der Waals surface area contributed by atoms with E-state index < -0.39 is 0 Å². The molecule has 12 heavy (non-hydrogen) atoms. The highest BCUT2D eigenvalue weighted by molar-refractivity contribution is 6.31. The number of rotatable bonds is 0. The summed E-state index contributed by atoms with van der Waals surface area (Å²) in [6.45, 7) is 0. The van der Waals surface area contributed by atoms with Gasteiger partial charge in [-0.3, -0.25) is 4.98 Å². The predicted molar refractivity (Wildman–Crippen MR) is 54.0 cm³/mol. The quantitative estimate of drug-likeness (QED) is 0.635. The van der Waals surface area contributed by atoms with Crippen LogP contribution in [0.3, 0.4) is 0 Å². The molecule has 0 spiro atoms. The van der Waals surface area contributed by atoms with Crippen LogP contribution in [0.4, 0.5) is 0 Å². The Hall–Kier alpha value is -0.790. The molecule has 0 radical (unpaired) electrons. The van der Waals surface area contributed by atoms with E-state index in [0.717, 1.165) is 15.9 Å². The lowest BCUT2D eigenvalue weighted by Crippen LogP contribution is -1.75. The van der Waals surface area contributed by atoms with E-state index in [1.807, 2.05) is 30.3 Å². The fraction of sp³-hybridized carbons (Fsp3) is 0. The summed E-state index contributed by atoms with van der Waals surface area (Å²) in [6, 6.07) is 9.56. The van der Waals surface area contributed by atoms with Gasteiger partial charge in [-0.2, -0.15) is 0 Å². The maximum absolute atomic E-state index is 5.79. The maximum Gasteiger partial charge on any atom is 0.0702 e. The number of fused-ring (bicyclic) bond motifs is 1. The molecule has 0 unspecified atom stereocenters. The standard InChI is InChI=1S/C9H6ClN.ClH/c10-8-3-4-9-7(6-8)2-1-5-11-9;/h1-6H;1H. The highest BCUT2D eigenvalue weighted by Gasteiger charge is 1.92. The number of aromatic nitrogens is 1. The lowest BCUT2D eigenvalue weighted by atomic mass is 10.2. The van der Waals surface area contributed by atoms with E-state index >= 15 is 0 Å². The molecule has 0 aliphatic carbocycles. The third kappa shape index (κ3) is 1.68. The van der Waals surface area contributed by atoms with Crippen molar-refractivity contribution in [3.8, 4) is 0 Å². The Labute approximate surface area is 81.8 Å². The van der Waals surface area contributed by atoms with Gasteiger partial charge in [0.15, 0.2) is 0 Å². The summed E-state index contributed by atoms with van der Waals surface area (Å²) >= 11 is 5.79. The average Bonchev–Trinajstić information content (AvgIpc) is 2.04. The Morgan fingerprint density at radius 2 is 2.00 bits per heavy atom. The second kappa shape index (κ2) is 3.74. The number of nitrogens with zero attached hydrogens (tertiary/aromatic N) is 1. The molecule has 1 nitrogen and oxygen atoms in total. The van der Waals surface area contributed by atoms with Crippen molar-refractivity contribution in [3.05, 3.63) is 41.6 Å². The second-order valence-electron chi connectivity index (χ2n) is 2.34. The Balaban J connectivity index is 0.000000720. The number of benzene rings is 1. The second-order valence-corrected chi connectivity index (χ2v) is 2.78. The zero-order valence-electron chi connectivity index (χ0n) is 6.20. The van der Waals surface area contributed by atoms with Crippen LogP contribution in [-0.4, -0.2) is 4.98 Å². The van der Waals surface area contributed by atoms with E-state index in [4.69, 9.17) is 11.6 Å². The van der Waals surface area contributed by atoms with Crippen molar-refractivity contribution in [3.63, 3.8) is 0 Å². The molecular formula is C9H7Cl2N. The summed E-state index contributed by atoms with van der Waals surface area (Å²) in [4.78, 5) is 4.16. The maximum atomic E-state index is 5.79. The molecule has 0 bridgehead atoms. The molecule has 0 aliphatic rings. The average molecular weight is 200 g/mol. The lowest BCUT2D eigenvalue weighted by molar-refractivity contribution is 1.41. The van der Waals surface area contributed by atoms with Crippen LogP contribution >= 0.6 is 24.0 Å². The van der Waals surface area contributed by atoms with E-state index in [1.54, 1.807) is 6.20 Å². The third-order valence-electron chi connectivity index (χ3n) is 1.57. The van der Waals surface area contributed by atoms with Gasteiger partial charge in [0, 0.05) is 16.6 Å². The van der Waals surface area contributed by atoms with Gasteiger partial charge in [0.1, 0.15) is 0 Å². The first-order chi connectivity index (χ1) is 5.36. The van der Waals surface area contributed by atoms with Gasteiger partial charge >= 0.3 is 0 Å². The van der Waals surface area contributed by atoms with Crippen molar-refractivity contribution in [2.45, 2.75) is 0 Å². The van der Waals surface area contributed by atoms with Gasteiger partial charge in [-0.1, -0.05) is 17.7 Å². The number of hydrogen-bond acceptors (Lipinski definition) is 1. The number of hydrogen-bond donors (Lipinski definition) is 0. The topological polar surface area (TPSA) is 12.9 Å². The van der Waals surface area contributed by atoms with E-state index in [-0.39, 0.29) is 12.4 Å². The third-order valence-corrected chi connectivity index (χ3v) is 1.80. The molecule has 0 amide bonds. The van der Waals surface area contributed by atoms with Crippen molar-refractivity contribution < 1.29 is 0 Å². The smallest absolute Gasteiger partial charge is 0.0702 e. The zero-order chi connectivity index (χ0) is 7.68. The van der Waals surface area contributed by atoms with Crippen LogP contribution in [0.25, 0.3) is 10.9 Å². The van der Waals surface area contributed by atoms with E-state index in [9.17, 15) is 0 Å². The van der Waals surface area contributed by atoms with Gasteiger partial charge in [0.05, 0.1) is 5.52 Å². The normalized spacial score (nSPS) is 9.42. The molecule has 0 saturated carbocycles. The SMILES string of the molecule is Cl.Clc1ccc2ncccc2c1. The largest absolute Gasteiger partial charge is 0.256 e. The summed E-state index contributed by atoms with van der Waals surface area (Å²) in [7, 11) is 0. The first kappa shape index (κ1) is 9.30.